The normalized spacial score (nSPS) is 20.2. The lowest BCUT2D eigenvalue weighted by Gasteiger charge is -2.15. The molecule has 56 valence electrons. The number of ether oxygens (including phenoxy) is 1. The Balaban J connectivity index is 2.33. The van der Waals surface area contributed by atoms with Crippen molar-refractivity contribution in [2.75, 3.05) is 6.61 Å². The molecule has 1 heteroatoms. The third-order valence-corrected chi connectivity index (χ3v) is 1.75. The molecule has 0 aromatic heterocycles. The smallest absolute Gasteiger partial charge is 0.0644 e. The highest BCUT2D eigenvalue weighted by Crippen LogP contribution is 2.15. The van der Waals surface area contributed by atoms with Gasteiger partial charge in [0.25, 0.3) is 0 Å². The van der Waals surface area contributed by atoms with Gasteiger partial charge in [0, 0.05) is 12.5 Å². The van der Waals surface area contributed by atoms with Crippen molar-refractivity contribution in [3.8, 4) is 0 Å². The summed E-state index contributed by atoms with van der Waals surface area (Å²) in [5.41, 5.74) is 0. The van der Waals surface area contributed by atoms with E-state index in [-0.39, 0.29) is 0 Å². The van der Waals surface area contributed by atoms with Crippen LogP contribution in [0.2, 0.25) is 0 Å². The summed E-state index contributed by atoms with van der Waals surface area (Å²) < 4.78 is 5.42. The van der Waals surface area contributed by atoms with Gasteiger partial charge in [0.15, 0.2) is 0 Å². The van der Waals surface area contributed by atoms with Crippen molar-refractivity contribution in [3.63, 3.8) is 0 Å². The molecule has 1 aliphatic carbocycles. The molecule has 0 spiro atoms. The molecule has 0 saturated carbocycles. The summed E-state index contributed by atoms with van der Waals surface area (Å²) in [6, 6.07) is 0. The zero-order valence-electron chi connectivity index (χ0n) is 6.58. The quantitative estimate of drug-likeness (QED) is 0.580. The molecule has 0 bridgehead atoms. The Hall–Kier alpha value is -0.560. The molecular weight excluding hydrogens is 124 g/mol. The first-order chi connectivity index (χ1) is 4.84. The first-order valence-electron chi connectivity index (χ1n) is 3.81. The molecule has 10 heavy (non-hydrogen) atoms. The number of rotatable bonds is 3. The van der Waals surface area contributed by atoms with Crippen LogP contribution in [0.25, 0.3) is 0 Å². The molecule has 0 heterocycles. The van der Waals surface area contributed by atoms with Gasteiger partial charge in [0.1, 0.15) is 0 Å². The van der Waals surface area contributed by atoms with Crippen molar-refractivity contribution >= 4 is 0 Å². The predicted octanol–water partition coefficient (Wildman–Crippen LogP) is 2.15. The van der Waals surface area contributed by atoms with Crippen LogP contribution in [0.3, 0.4) is 0 Å². The molecule has 0 saturated heterocycles. The van der Waals surface area contributed by atoms with Crippen LogP contribution in [0.5, 0.6) is 0 Å². The van der Waals surface area contributed by atoms with E-state index >= 15 is 0 Å². The van der Waals surface area contributed by atoms with Crippen molar-refractivity contribution < 1.29 is 4.74 Å². The number of allylic oxidation sites excluding steroid dienone is 2. The Morgan fingerprint density at radius 3 is 2.50 bits per heavy atom. The van der Waals surface area contributed by atoms with E-state index in [9.17, 15) is 0 Å². The fourth-order valence-electron chi connectivity index (χ4n) is 1.14. The molecule has 0 aromatic carbocycles. The average Bonchev–Trinajstić information content (AvgIpc) is 2.38. The van der Waals surface area contributed by atoms with Gasteiger partial charge in [-0.1, -0.05) is 24.3 Å². The van der Waals surface area contributed by atoms with Crippen LogP contribution in [-0.4, -0.2) is 12.7 Å². The summed E-state index contributed by atoms with van der Waals surface area (Å²) in [6.45, 7) is 4.94. The third kappa shape index (κ3) is 1.71. The minimum absolute atomic E-state index is 0.333. The lowest BCUT2D eigenvalue weighted by molar-refractivity contribution is 0.0599. The fourth-order valence-corrected chi connectivity index (χ4v) is 1.14. The second-order valence-electron chi connectivity index (χ2n) is 2.51. The van der Waals surface area contributed by atoms with Crippen LogP contribution in [0, 0.1) is 5.92 Å². The second-order valence-corrected chi connectivity index (χ2v) is 2.51. The highest BCUT2D eigenvalue weighted by Gasteiger charge is 2.12. The minimum Gasteiger partial charge on any atom is -0.378 e. The maximum atomic E-state index is 5.42. The zero-order chi connectivity index (χ0) is 7.40. The van der Waals surface area contributed by atoms with Crippen molar-refractivity contribution in [2.45, 2.75) is 20.0 Å². The largest absolute Gasteiger partial charge is 0.378 e. The fraction of sp³-hybridized carbons (Fsp3) is 0.556. The Bertz CT molecular complexity index is 135. The summed E-state index contributed by atoms with van der Waals surface area (Å²) in [4.78, 5) is 0. The molecule has 1 rings (SSSR count). The van der Waals surface area contributed by atoms with E-state index in [2.05, 4.69) is 31.2 Å². The summed E-state index contributed by atoms with van der Waals surface area (Å²) in [5, 5.41) is 0. The third-order valence-electron chi connectivity index (χ3n) is 1.75. The first kappa shape index (κ1) is 7.55. The lowest BCUT2D eigenvalue weighted by atomic mass is 10.1. The summed E-state index contributed by atoms with van der Waals surface area (Å²) in [5.74, 6) is 0.500. The van der Waals surface area contributed by atoms with Crippen LogP contribution >= 0.6 is 0 Å². The van der Waals surface area contributed by atoms with Gasteiger partial charge in [0.2, 0.25) is 0 Å². The van der Waals surface area contributed by atoms with Gasteiger partial charge in [-0.2, -0.15) is 0 Å². The predicted molar refractivity (Wildman–Crippen MR) is 42.9 cm³/mol. The van der Waals surface area contributed by atoms with Crippen LogP contribution in [0.1, 0.15) is 13.8 Å². The Morgan fingerprint density at radius 1 is 1.40 bits per heavy atom. The van der Waals surface area contributed by atoms with Gasteiger partial charge < -0.3 is 4.74 Å². The standard InChI is InChI=1S/C9H14O/c1-3-10-8(2)9-6-4-5-7-9/h4-9H,3H2,1-2H3. The topological polar surface area (TPSA) is 9.23 Å². The Labute approximate surface area is 62.4 Å². The van der Waals surface area contributed by atoms with Crippen LogP contribution in [0.15, 0.2) is 24.3 Å². The molecule has 1 atom stereocenters. The molecule has 0 fully saturated rings. The highest BCUT2D eigenvalue weighted by atomic mass is 16.5. The zero-order valence-corrected chi connectivity index (χ0v) is 6.58. The van der Waals surface area contributed by atoms with E-state index in [1.807, 2.05) is 6.92 Å². The summed E-state index contributed by atoms with van der Waals surface area (Å²) in [7, 11) is 0. The molecule has 1 aliphatic rings. The van der Waals surface area contributed by atoms with E-state index in [1.165, 1.54) is 0 Å². The van der Waals surface area contributed by atoms with E-state index in [0.29, 0.717) is 12.0 Å². The molecular formula is C9H14O. The van der Waals surface area contributed by atoms with Crippen LogP contribution < -0.4 is 0 Å². The second kappa shape index (κ2) is 3.57. The summed E-state index contributed by atoms with van der Waals surface area (Å²) in [6.07, 6.45) is 8.81. The van der Waals surface area contributed by atoms with Gasteiger partial charge in [-0.25, -0.2) is 0 Å². The average molecular weight is 138 g/mol. The molecule has 0 radical (unpaired) electrons. The van der Waals surface area contributed by atoms with E-state index in [1.54, 1.807) is 0 Å². The van der Waals surface area contributed by atoms with Crippen molar-refractivity contribution in [2.24, 2.45) is 5.92 Å². The van der Waals surface area contributed by atoms with Gasteiger partial charge in [-0.3, -0.25) is 0 Å². The molecule has 0 amide bonds. The Morgan fingerprint density at radius 2 is 2.00 bits per heavy atom. The van der Waals surface area contributed by atoms with Crippen molar-refractivity contribution in [1.82, 2.24) is 0 Å². The van der Waals surface area contributed by atoms with E-state index in [4.69, 9.17) is 4.74 Å². The highest BCUT2D eigenvalue weighted by molar-refractivity contribution is 5.18. The van der Waals surface area contributed by atoms with E-state index in [0.717, 1.165) is 6.61 Å². The van der Waals surface area contributed by atoms with Crippen LogP contribution in [0.4, 0.5) is 0 Å². The van der Waals surface area contributed by atoms with Crippen molar-refractivity contribution in [1.29, 1.82) is 0 Å². The van der Waals surface area contributed by atoms with E-state index < -0.39 is 0 Å². The van der Waals surface area contributed by atoms with Crippen molar-refractivity contribution in [3.05, 3.63) is 24.3 Å². The molecule has 0 aromatic rings. The van der Waals surface area contributed by atoms with Gasteiger partial charge in [-0.15, -0.1) is 0 Å². The SMILES string of the molecule is CCOC(C)C1C=CC=C1. The number of hydrogen-bond donors (Lipinski definition) is 0. The molecule has 1 nitrogen and oxygen atoms in total. The molecule has 0 aliphatic heterocycles. The van der Waals surface area contributed by atoms with Gasteiger partial charge in [-0.05, 0) is 13.8 Å². The lowest BCUT2D eigenvalue weighted by Crippen LogP contribution is -2.15. The monoisotopic (exact) mass is 138 g/mol. The first-order valence-corrected chi connectivity index (χ1v) is 3.81. The minimum atomic E-state index is 0.333. The molecule has 0 N–H and O–H groups in total. The van der Waals surface area contributed by atoms with Crippen LogP contribution in [-0.2, 0) is 4.74 Å². The maximum absolute atomic E-state index is 5.42. The summed E-state index contributed by atoms with van der Waals surface area (Å²) >= 11 is 0. The number of hydrogen-bond acceptors (Lipinski definition) is 1. The molecule has 1 unspecified atom stereocenters. The van der Waals surface area contributed by atoms with Gasteiger partial charge >= 0.3 is 0 Å². The Kier molecular flexibility index (Phi) is 2.69. The van der Waals surface area contributed by atoms with Gasteiger partial charge in [0.05, 0.1) is 6.10 Å². The maximum Gasteiger partial charge on any atom is 0.0644 e.